The molecule has 0 unspecified atom stereocenters. The molecule has 114 valence electrons. The fraction of sp³-hybridized carbons (Fsp3) is 0.250. The molecule has 0 saturated heterocycles. The van der Waals surface area contributed by atoms with E-state index in [1.165, 1.54) is 29.2 Å². The highest BCUT2D eigenvalue weighted by Crippen LogP contribution is 2.29. The van der Waals surface area contributed by atoms with Crippen LogP contribution in [0.1, 0.15) is 16.0 Å². The number of aromatic nitrogens is 2. The summed E-state index contributed by atoms with van der Waals surface area (Å²) in [6, 6.07) is 6.66. The third-order valence-corrected chi connectivity index (χ3v) is 5.86. The van der Waals surface area contributed by atoms with Gasteiger partial charge in [-0.05, 0) is 31.0 Å². The number of halogens is 1. The van der Waals surface area contributed by atoms with E-state index in [0.717, 1.165) is 15.3 Å². The number of rotatable bonds is 3. The van der Waals surface area contributed by atoms with Gasteiger partial charge in [-0.2, -0.15) is 0 Å². The molecule has 3 rings (SSSR count). The number of hydrogen-bond donors (Lipinski definition) is 0. The predicted molar refractivity (Wildman–Crippen MR) is 90.3 cm³/mol. The molecule has 0 aliphatic rings. The van der Waals surface area contributed by atoms with Gasteiger partial charge in [0.2, 0.25) is 0 Å². The Morgan fingerprint density at radius 1 is 1.32 bits per heavy atom. The minimum absolute atomic E-state index is 0.0390. The molecule has 1 aromatic carbocycles. The molecule has 0 fully saturated rings. The molecule has 22 heavy (non-hydrogen) atoms. The van der Waals surface area contributed by atoms with Crippen LogP contribution in [0.3, 0.4) is 0 Å². The molecule has 0 aliphatic heterocycles. The number of thioether (sulfide) groups is 1. The maximum Gasteiger partial charge on any atom is 0.262 e. The lowest BCUT2D eigenvalue weighted by Gasteiger charge is -2.07. The monoisotopic (exact) mass is 334 g/mol. The summed E-state index contributed by atoms with van der Waals surface area (Å²) in [5.41, 5.74) is 1.57. The summed E-state index contributed by atoms with van der Waals surface area (Å²) in [6.45, 7) is 3.94. The highest BCUT2D eigenvalue weighted by Gasteiger charge is 2.15. The molecule has 0 saturated carbocycles. The summed E-state index contributed by atoms with van der Waals surface area (Å²) in [5, 5.41) is 1.31. The molecular weight excluding hydrogens is 319 g/mol. The normalized spacial score (nSPS) is 11.3. The number of thiophene rings is 1. The zero-order valence-electron chi connectivity index (χ0n) is 12.5. The van der Waals surface area contributed by atoms with E-state index >= 15 is 0 Å². The number of hydrogen-bond acceptors (Lipinski definition) is 4. The van der Waals surface area contributed by atoms with Crippen molar-refractivity contribution < 1.29 is 4.39 Å². The van der Waals surface area contributed by atoms with Crippen LogP contribution in [0.2, 0.25) is 0 Å². The van der Waals surface area contributed by atoms with Gasteiger partial charge in [0.1, 0.15) is 10.6 Å². The van der Waals surface area contributed by atoms with Crippen molar-refractivity contribution in [2.45, 2.75) is 24.8 Å². The summed E-state index contributed by atoms with van der Waals surface area (Å²) < 4.78 is 15.2. The van der Waals surface area contributed by atoms with E-state index in [0.29, 0.717) is 21.9 Å². The van der Waals surface area contributed by atoms with Gasteiger partial charge in [0.25, 0.3) is 5.56 Å². The maximum absolute atomic E-state index is 13.7. The smallest absolute Gasteiger partial charge is 0.262 e. The Hall–Kier alpha value is -1.66. The quantitative estimate of drug-likeness (QED) is 0.535. The first-order valence-corrected chi connectivity index (χ1v) is 8.62. The van der Waals surface area contributed by atoms with E-state index in [1.54, 1.807) is 29.8 Å². The van der Waals surface area contributed by atoms with Gasteiger partial charge in [-0.1, -0.05) is 30.0 Å². The molecule has 0 N–H and O–H groups in total. The van der Waals surface area contributed by atoms with Gasteiger partial charge < -0.3 is 0 Å². The molecule has 2 aromatic heterocycles. The molecule has 3 nitrogen and oxygen atoms in total. The second kappa shape index (κ2) is 5.85. The van der Waals surface area contributed by atoms with Crippen LogP contribution in [0.15, 0.2) is 34.2 Å². The van der Waals surface area contributed by atoms with Crippen molar-refractivity contribution in [1.82, 2.24) is 9.55 Å². The van der Waals surface area contributed by atoms with Crippen LogP contribution in [-0.4, -0.2) is 9.55 Å². The fourth-order valence-corrected chi connectivity index (χ4v) is 4.27. The Labute approximate surface area is 135 Å². The lowest BCUT2D eigenvalue weighted by molar-refractivity contribution is 0.617. The summed E-state index contributed by atoms with van der Waals surface area (Å²) in [4.78, 5) is 19.0. The van der Waals surface area contributed by atoms with E-state index in [2.05, 4.69) is 4.98 Å². The van der Waals surface area contributed by atoms with Crippen molar-refractivity contribution in [3.05, 3.63) is 56.4 Å². The van der Waals surface area contributed by atoms with Crippen LogP contribution in [0.25, 0.3) is 10.2 Å². The molecule has 0 bridgehead atoms. The highest BCUT2D eigenvalue weighted by molar-refractivity contribution is 7.98. The summed E-state index contributed by atoms with van der Waals surface area (Å²) in [5.74, 6) is 0.214. The molecule has 0 radical (unpaired) electrons. The largest absolute Gasteiger partial charge is 0.290 e. The number of aryl methyl sites for hydroxylation is 2. The van der Waals surface area contributed by atoms with E-state index in [4.69, 9.17) is 0 Å². The Balaban J connectivity index is 2.00. The SMILES string of the molecule is Cc1sc2nc(SCc3ccccc3F)n(C)c(=O)c2c1C. The molecule has 0 spiro atoms. The van der Waals surface area contributed by atoms with Crippen LogP contribution in [-0.2, 0) is 12.8 Å². The van der Waals surface area contributed by atoms with Crippen molar-refractivity contribution in [2.24, 2.45) is 7.05 Å². The molecule has 6 heteroatoms. The van der Waals surface area contributed by atoms with Gasteiger partial charge in [-0.25, -0.2) is 9.37 Å². The number of benzene rings is 1. The summed E-state index contributed by atoms with van der Waals surface area (Å²) >= 11 is 2.91. The van der Waals surface area contributed by atoms with Gasteiger partial charge in [0, 0.05) is 17.7 Å². The second-order valence-corrected chi connectivity index (χ2v) is 7.25. The molecule has 2 heterocycles. The van der Waals surface area contributed by atoms with Crippen LogP contribution in [0.5, 0.6) is 0 Å². The molecule has 0 aliphatic carbocycles. The second-order valence-electron chi connectivity index (χ2n) is 5.10. The number of nitrogens with zero attached hydrogens (tertiary/aromatic N) is 2. The lowest BCUT2D eigenvalue weighted by atomic mass is 10.2. The third kappa shape index (κ3) is 2.57. The van der Waals surface area contributed by atoms with Crippen molar-refractivity contribution in [3.8, 4) is 0 Å². The van der Waals surface area contributed by atoms with E-state index in [1.807, 2.05) is 13.8 Å². The van der Waals surface area contributed by atoms with E-state index in [-0.39, 0.29) is 11.4 Å². The van der Waals surface area contributed by atoms with E-state index in [9.17, 15) is 9.18 Å². The van der Waals surface area contributed by atoms with Gasteiger partial charge in [-0.15, -0.1) is 11.3 Å². The van der Waals surface area contributed by atoms with Gasteiger partial charge in [0.05, 0.1) is 5.39 Å². The number of fused-ring (bicyclic) bond motifs is 1. The first-order chi connectivity index (χ1) is 10.5. The summed E-state index contributed by atoms with van der Waals surface area (Å²) in [6.07, 6.45) is 0. The minimum atomic E-state index is -0.233. The van der Waals surface area contributed by atoms with Crippen molar-refractivity contribution in [3.63, 3.8) is 0 Å². The average molecular weight is 334 g/mol. The van der Waals surface area contributed by atoms with Crippen molar-refractivity contribution >= 4 is 33.3 Å². The van der Waals surface area contributed by atoms with E-state index < -0.39 is 0 Å². The topological polar surface area (TPSA) is 34.9 Å². The molecule has 3 aromatic rings. The Bertz CT molecular complexity index is 914. The molecule has 0 atom stereocenters. The van der Waals surface area contributed by atoms with Crippen LogP contribution >= 0.6 is 23.1 Å². The molecular formula is C16H15FN2OS2. The van der Waals surface area contributed by atoms with Gasteiger partial charge in [0.15, 0.2) is 5.16 Å². The lowest BCUT2D eigenvalue weighted by Crippen LogP contribution is -2.19. The first-order valence-electron chi connectivity index (χ1n) is 6.82. The first kappa shape index (κ1) is 15.2. The highest BCUT2D eigenvalue weighted by atomic mass is 32.2. The standard InChI is InChI=1S/C16H15FN2OS2/c1-9-10(2)22-14-13(9)15(20)19(3)16(18-14)21-8-11-6-4-5-7-12(11)17/h4-7H,8H2,1-3H3. The average Bonchev–Trinajstić information content (AvgIpc) is 2.78. The van der Waals surface area contributed by atoms with Crippen LogP contribution in [0.4, 0.5) is 4.39 Å². The Kier molecular flexibility index (Phi) is 4.06. The zero-order chi connectivity index (χ0) is 15.9. The Morgan fingerprint density at radius 3 is 2.77 bits per heavy atom. The van der Waals surface area contributed by atoms with Crippen LogP contribution < -0.4 is 5.56 Å². The van der Waals surface area contributed by atoms with Gasteiger partial charge >= 0.3 is 0 Å². The predicted octanol–water partition coefficient (Wildman–Crippen LogP) is 4.04. The zero-order valence-corrected chi connectivity index (χ0v) is 14.1. The summed E-state index contributed by atoms with van der Waals surface area (Å²) in [7, 11) is 1.71. The van der Waals surface area contributed by atoms with Gasteiger partial charge in [-0.3, -0.25) is 9.36 Å². The fourth-order valence-electron chi connectivity index (χ4n) is 2.24. The van der Waals surface area contributed by atoms with Crippen molar-refractivity contribution in [2.75, 3.05) is 0 Å². The minimum Gasteiger partial charge on any atom is -0.290 e. The van der Waals surface area contributed by atoms with Crippen LogP contribution in [0, 0.1) is 19.7 Å². The molecule has 0 amide bonds. The third-order valence-electron chi connectivity index (χ3n) is 3.68. The maximum atomic E-state index is 13.7. The Morgan fingerprint density at radius 2 is 2.05 bits per heavy atom. The van der Waals surface area contributed by atoms with Crippen molar-refractivity contribution in [1.29, 1.82) is 0 Å².